The van der Waals surface area contributed by atoms with Crippen molar-refractivity contribution in [3.05, 3.63) is 170 Å². The maximum Gasteiger partial charge on any atom is 0.143 e. The molecule has 0 amide bonds. The van der Waals surface area contributed by atoms with E-state index in [9.17, 15) is 5.48 Å². The summed E-state index contributed by atoms with van der Waals surface area (Å²) in [5.41, 5.74) is 4.73. The van der Waals surface area contributed by atoms with Gasteiger partial charge in [-0.05, 0) is 83.2 Å². The number of benzene rings is 9. The van der Waals surface area contributed by atoms with Gasteiger partial charge in [0, 0.05) is 16.2 Å². The molecule has 10 aromatic rings. The minimum absolute atomic E-state index is 0.175. The molecule has 0 aliphatic rings. The summed E-state index contributed by atoms with van der Waals surface area (Å²) in [6.07, 6.45) is 0. The summed E-state index contributed by atoms with van der Waals surface area (Å²) in [5, 5.41) is 6.17. The standard InChI is InChI=1S/C46H28O/c1-3-16-31-29(13-1)15-11-24-34(31)43-37-20-7-9-22-39(37)44(40-23-10-8-21-38(40)43)35-19-6-5-18-33(35)36-25-12-26-42-45(36)41-28-27-30-14-2-4-17-32(30)46(41)47-42/h1-28H/i7D,8D,9D,10D,20D,21D,22D,23D. The molecule has 0 unspecified atom stereocenters. The first-order valence-electron chi connectivity index (χ1n) is 19.5. The molecular formula is C46H28O. The SMILES string of the molecule is [2H]c1c([2H])c([2H])c2c(-c3cccc4ccccc34)c3c([2H])c([2H])c([2H])c([2H])c3c(-c3ccccc3-c3cccc4oc5c6ccccc6ccc5c34)c2c1[2H]. The van der Waals surface area contributed by atoms with Crippen LogP contribution in [0.5, 0.6) is 0 Å². The molecule has 0 fully saturated rings. The molecule has 0 saturated carbocycles. The molecular weight excluding hydrogens is 569 g/mol. The smallest absolute Gasteiger partial charge is 0.143 e. The zero-order chi connectivity index (χ0) is 37.9. The normalized spacial score (nSPS) is 14.2. The lowest BCUT2D eigenvalue weighted by Crippen LogP contribution is -1.93. The predicted molar refractivity (Wildman–Crippen MR) is 200 cm³/mol. The highest BCUT2D eigenvalue weighted by Crippen LogP contribution is 2.48. The molecule has 1 heteroatoms. The van der Waals surface area contributed by atoms with Crippen molar-refractivity contribution in [3.63, 3.8) is 0 Å². The molecule has 0 N–H and O–H groups in total. The lowest BCUT2D eigenvalue weighted by molar-refractivity contribution is 0.673. The van der Waals surface area contributed by atoms with E-state index in [2.05, 4.69) is 6.07 Å². The van der Waals surface area contributed by atoms with Crippen LogP contribution in [0.1, 0.15) is 11.0 Å². The average Bonchev–Trinajstić information content (AvgIpc) is 3.62. The molecule has 1 aromatic heterocycles. The van der Waals surface area contributed by atoms with Crippen molar-refractivity contribution in [2.75, 3.05) is 0 Å². The van der Waals surface area contributed by atoms with E-state index in [4.69, 9.17) is 9.90 Å². The van der Waals surface area contributed by atoms with Crippen molar-refractivity contribution in [2.45, 2.75) is 0 Å². The summed E-state index contributed by atoms with van der Waals surface area (Å²) in [7, 11) is 0. The number of hydrogen-bond acceptors (Lipinski definition) is 1. The number of fused-ring (bicyclic) bond motifs is 8. The molecule has 0 radical (unpaired) electrons. The highest BCUT2D eigenvalue weighted by molar-refractivity contribution is 6.25. The summed E-state index contributed by atoms with van der Waals surface area (Å²) in [4.78, 5) is 0. The van der Waals surface area contributed by atoms with Crippen LogP contribution in [0.2, 0.25) is 0 Å². The summed E-state index contributed by atoms with van der Waals surface area (Å²) < 4.78 is 80.0. The van der Waals surface area contributed by atoms with Crippen molar-refractivity contribution in [1.29, 1.82) is 0 Å². The van der Waals surface area contributed by atoms with E-state index in [1.807, 2.05) is 115 Å². The van der Waals surface area contributed by atoms with Gasteiger partial charge in [0.1, 0.15) is 11.2 Å². The second-order valence-electron chi connectivity index (χ2n) is 11.8. The van der Waals surface area contributed by atoms with Crippen LogP contribution < -0.4 is 0 Å². The Morgan fingerprint density at radius 3 is 1.60 bits per heavy atom. The third kappa shape index (κ3) is 3.84. The molecule has 0 bridgehead atoms. The van der Waals surface area contributed by atoms with Crippen LogP contribution in [0, 0.1) is 0 Å². The predicted octanol–water partition coefficient (Wildman–Crippen LogP) is 13.2. The second kappa shape index (κ2) is 10.2. The van der Waals surface area contributed by atoms with Gasteiger partial charge in [0.05, 0.1) is 11.0 Å². The third-order valence-corrected chi connectivity index (χ3v) is 9.31. The highest BCUT2D eigenvalue weighted by Gasteiger charge is 2.21. The first-order valence-corrected chi connectivity index (χ1v) is 15.5. The second-order valence-corrected chi connectivity index (χ2v) is 11.8. The van der Waals surface area contributed by atoms with Crippen LogP contribution in [0.4, 0.5) is 0 Å². The van der Waals surface area contributed by atoms with Crippen LogP contribution in [-0.4, -0.2) is 0 Å². The Balaban J connectivity index is 1.44. The fourth-order valence-corrected chi connectivity index (χ4v) is 7.32. The van der Waals surface area contributed by atoms with E-state index in [0.29, 0.717) is 33.4 Å². The third-order valence-electron chi connectivity index (χ3n) is 9.31. The van der Waals surface area contributed by atoms with Gasteiger partial charge in [0.25, 0.3) is 0 Å². The van der Waals surface area contributed by atoms with Gasteiger partial charge < -0.3 is 4.42 Å². The van der Waals surface area contributed by atoms with E-state index < -0.39 is 24.2 Å². The molecule has 1 heterocycles. The van der Waals surface area contributed by atoms with Crippen molar-refractivity contribution >= 4 is 65.0 Å². The molecule has 0 saturated heterocycles. The Kier molecular flexibility index (Phi) is 4.19. The van der Waals surface area contributed by atoms with Crippen LogP contribution in [-0.2, 0) is 0 Å². The summed E-state index contributed by atoms with van der Waals surface area (Å²) in [5.74, 6) is 0. The van der Waals surface area contributed by atoms with Crippen molar-refractivity contribution in [1.82, 2.24) is 0 Å². The summed E-state index contributed by atoms with van der Waals surface area (Å²) in [6.45, 7) is 0. The number of furan rings is 1. The first-order chi connectivity index (χ1) is 26.7. The van der Waals surface area contributed by atoms with Crippen LogP contribution >= 0.6 is 0 Å². The highest BCUT2D eigenvalue weighted by atomic mass is 16.3. The lowest BCUT2D eigenvalue weighted by Gasteiger charge is -2.20. The van der Waals surface area contributed by atoms with Gasteiger partial charge in [-0.3, -0.25) is 0 Å². The Morgan fingerprint density at radius 1 is 0.362 bits per heavy atom. The van der Waals surface area contributed by atoms with Gasteiger partial charge in [-0.15, -0.1) is 0 Å². The number of rotatable bonds is 3. The monoisotopic (exact) mass is 604 g/mol. The molecule has 0 atom stereocenters. The minimum Gasteiger partial charge on any atom is -0.455 e. The summed E-state index contributed by atoms with van der Waals surface area (Å²) >= 11 is 0. The summed E-state index contributed by atoms with van der Waals surface area (Å²) in [6, 6.07) is 35.9. The molecule has 0 aliphatic heterocycles. The fourth-order valence-electron chi connectivity index (χ4n) is 7.32. The average molecular weight is 605 g/mol. The van der Waals surface area contributed by atoms with Gasteiger partial charge in [-0.25, -0.2) is 0 Å². The molecule has 9 aromatic carbocycles. The van der Waals surface area contributed by atoms with Crippen LogP contribution in [0.15, 0.2) is 174 Å². The van der Waals surface area contributed by atoms with E-state index in [1.54, 1.807) is 0 Å². The Bertz CT molecular complexity index is 3220. The largest absolute Gasteiger partial charge is 0.455 e. The molecule has 0 spiro atoms. The van der Waals surface area contributed by atoms with Crippen molar-refractivity contribution < 1.29 is 15.4 Å². The molecule has 1 nitrogen and oxygen atoms in total. The van der Waals surface area contributed by atoms with Gasteiger partial charge in [-0.1, -0.05) is 158 Å². The quantitative estimate of drug-likeness (QED) is 0.183. The molecule has 0 aliphatic carbocycles. The molecule has 10 rings (SSSR count). The van der Waals surface area contributed by atoms with Crippen molar-refractivity contribution in [3.8, 4) is 33.4 Å². The maximum absolute atomic E-state index is 9.50. The fraction of sp³-hybridized carbons (Fsp3) is 0. The van der Waals surface area contributed by atoms with Crippen LogP contribution in [0.25, 0.3) is 98.4 Å². The van der Waals surface area contributed by atoms with Gasteiger partial charge >= 0.3 is 0 Å². The van der Waals surface area contributed by atoms with Gasteiger partial charge in [0.2, 0.25) is 0 Å². The zero-order valence-corrected chi connectivity index (χ0v) is 25.0. The van der Waals surface area contributed by atoms with E-state index >= 15 is 0 Å². The van der Waals surface area contributed by atoms with Gasteiger partial charge in [-0.2, -0.15) is 0 Å². The minimum atomic E-state index is -0.435. The molecule has 218 valence electrons. The molecule has 47 heavy (non-hydrogen) atoms. The maximum atomic E-state index is 9.50. The Labute approximate surface area is 283 Å². The Hall–Kier alpha value is -6.18. The number of hydrogen-bond donors (Lipinski definition) is 0. The zero-order valence-electron chi connectivity index (χ0n) is 33.0. The van der Waals surface area contributed by atoms with E-state index in [-0.39, 0.29) is 45.7 Å². The van der Waals surface area contributed by atoms with E-state index in [1.165, 1.54) is 0 Å². The van der Waals surface area contributed by atoms with Crippen molar-refractivity contribution in [2.24, 2.45) is 0 Å². The Morgan fingerprint density at radius 2 is 0.872 bits per heavy atom. The van der Waals surface area contributed by atoms with E-state index in [0.717, 1.165) is 43.5 Å². The first kappa shape index (κ1) is 19.4. The van der Waals surface area contributed by atoms with Crippen LogP contribution in [0.3, 0.4) is 0 Å². The lowest BCUT2D eigenvalue weighted by atomic mass is 9.82. The van der Waals surface area contributed by atoms with Gasteiger partial charge in [0.15, 0.2) is 0 Å². The topological polar surface area (TPSA) is 13.1 Å².